The van der Waals surface area contributed by atoms with Gasteiger partial charge in [0.15, 0.2) is 0 Å². The molecule has 7 heteroatoms. The number of carbonyl (C=O) groups is 1. The molecule has 0 fully saturated rings. The molecule has 0 saturated heterocycles. The Labute approximate surface area is 184 Å². The second-order valence-electron chi connectivity index (χ2n) is 6.86. The van der Waals surface area contributed by atoms with Gasteiger partial charge in [-0.05, 0) is 41.5 Å². The lowest BCUT2D eigenvalue weighted by Crippen LogP contribution is -2.19. The van der Waals surface area contributed by atoms with Crippen LogP contribution < -0.4 is 9.75 Å². The first-order valence-corrected chi connectivity index (χ1v) is 10.1. The maximum absolute atomic E-state index is 11.5. The van der Waals surface area contributed by atoms with Crippen molar-refractivity contribution < 1.29 is 14.6 Å². The normalized spacial score (nSPS) is 15.7. The fraction of sp³-hybridized carbons (Fsp3) is 0.130. The fourth-order valence-electron chi connectivity index (χ4n) is 3.32. The molecule has 1 N–H and O–H groups in total. The van der Waals surface area contributed by atoms with E-state index >= 15 is 0 Å². The summed E-state index contributed by atoms with van der Waals surface area (Å²) in [6.07, 6.45) is 0.262. The zero-order valence-corrected chi connectivity index (χ0v) is 17.3. The van der Waals surface area contributed by atoms with Crippen LogP contribution in [0.3, 0.4) is 0 Å². The van der Waals surface area contributed by atoms with Crippen LogP contribution in [0, 0.1) is 0 Å². The molecule has 152 valence electrons. The Hall–Kier alpha value is -3.02. The van der Waals surface area contributed by atoms with Crippen LogP contribution in [-0.2, 0) is 11.4 Å². The van der Waals surface area contributed by atoms with Crippen LogP contribution in [-0.4, -0.2) is 16.8 Å². The second kappa shape index (κ2) is 8.78. The highest BCUT2D eigenvalue weighted by molar-refractivity contribution is 6.38. The summed E-state index contributed by atoms with van der Waals surface area (Å²) in [6, 6.07) is 22.3. The number of hydrogen-bond acceptors (Lipinski definition) is 4. The van der Waals surface area contributed by atoms with Crippen LogP contribution >= 0.6 is 23.2 Å². The van der Waals surface area contributed by atoms with Gasteiger partial charge in [-0.1, -0.05) is 65.7 Å². The molecule has 1 aliphatic rings. The van der Waals surface area contributed by atoms with E-state index in [9.17, 15) is 9.90 Å². The maximum Gasteiger partial charge on any atom is 0.352 e. The number of nitrogens with zero attached hydrogens (tertiary/aromatic N) is 2. The third-order valence-corrected chi connectivity index (χ3v) is 5.36. The number of rotatable bonds is 6. The predicted octanol–water partition coefficient (Wildman–Crippen LogP) is 5.96. The van der Waals surface area contributed by atoms with E-state index in [1.165, 1.54) is 0 Å². The van der Waals surface area contributed by atoms with E-state index in [0.717, 1.165) is 16.9 Å². The second-order valence-corrected chi connectivity index (χ2v) is 7.70. The van der Waals surface area contributed by atoms with E-state index in [-0.39, 0.29) is 18.2 Å². The minimum absolute atomic E-state index is 0.0791. The lowest BCUT2D eigenvalue weighted by atomic mass is 10.0. The van der Waals surface area contributed by atoms with Crippen molar-refractivity contribution in [2.45, 2.75) is 19.1 Å². The van der Waals surface area contributed by atoms with Gasteiger partial charge in [0.25, 0.3) is 0 Å². The standard InChI is InChI=1S/C23H18Cl2N2O3/c24-17-8-11-21(19(25)12-17)27-22(13-20(26-27)23(28)29)16-6-9-18(10-7-16)30-14-15-4-2-1-3-5-15/h1-12,22H,13-14H2,(H,28,29). The van der Waals surface area contributed by atoms with Crippen LogP contribution in [0.15, 0.2) is 77.9 Å². The van der Waals surface area contributed by atoms with Crippen molar-refractivity contribution in [3.8, 4) is 5.75 Å². The third kappa shape index (κ3) is 4.42. The Bertz CT molecular complexity index is 1090. The molecule has 3 aromatic carbocycles. The van der Waals surface area contributed by atoms with Gasteiger partial charge in [0.1, 0.15) is 18.1 Å². The summed E-state index contributed by atoms with van der Waals surface area (Å²) >= 11 is 12.4. The molecular weight excluding hydrogens is 423 g/mol. The Morgan fingerprint density at radius 3 is 2.47 bits per heavy atom. The number of halogens is 2. The Morgan fingerprint density at radius 1 is 1.07 bits per heavy atom. The van der Waals surface area contributed by atoms with Gasteiger partial charge in [-0.15, -0.1) is 0 Å². The first kappa shape index (κ1) is 20.3. The number of hydrazone groups is 1. The molecular formula is C23H18Cl2N2O3. The van der Waals surface area contributed by atoms with Crippen molar-refractivity contribution in [1.29, 1.82) is 0 Å². The quantitative estimate of drug-likeness (QED) is 0.513. The van der Waals surface area contributed by atoms with E-state index in [2.05, 4.69) is 5.10 Å². The number of ether oxygens (including phenoxy) is 1. The monoisotopic (exact) mass is 440 g/mol. The molecule has 3 aromatic rings. The van der Waals surface area contributed by atoms with Crippen LogP contribution in [0.5, 0.6) is 5.75 Å². The fourth-order valence-corrected chi connectivity index (χ4v) is 3.81. The number of hydrogen-bond donors (Lipinski definition) is 1. The average molecular weight is 441 g/mol. The highest BCUT2D eigenvalue weighted by atomic mass is 35.5. The predicted molar refractivity (Wildman–Crippen MR) is 119 cm³/mol. The minimum Gasteiger partial charge on any atom is -0.489 e. The zero-order chi connectivity index (χ0) is 21.1. The maximum atomic E-state index is 11.5. The molecule has 1 heterocycles. The largest absolute Gasteiger partial charge is 0.489 e. The molecule has 0 aliphatic carbocycles. The van der Waals surface area contributed by atoms with Crippen LogP contribution in [0.1, 0.15) is 23.6 Å². The van der Waals surface area contributed by atoms with Gasteiger partial charge in [0.05, 0.1) is 16.8 Å². The van der Waals surface area contributed by atoms with Crippen molar-refractivity contribution in [3.05, 3.63) is 94.0 Å². The molecule has 0 aromatic heterocycles. The number of carboxylic acids is 1. The van der Waals surface area contributed by atoms with Gasteiger partial charge in [-0.2, -0.15) is 5.10 Å². The van der Waals surface area contributed by atoms with E-state index in [1.807, 2.05) is 54.6 Å². The molecule has 1 unspecified atom stereocenters. The van der Waals surface area contributed by atoms with E-state index in [1.54, 1.807) is 23.2 Å². The summed E-state index contributed by atoms with van der Waals surface area (Å²) in [7, 11) is 0. The first-order valence-electron chi connectivity index (χ1n) is 9.33. The lowest BCUT2D eigenvalue weighted by molar-refractivity contribution is -0.129. The Balaban J connectivity index is 1.56. The van der Waals surface area contributed by atoms with E-state index in [4.69, 9.17) is 27.9 Å². The molecule has 5 nitrogen and oxygen atoms in total. The Kier molecular flexibility index (Phi) is 5.93. The number of benzene rings is 3. The smallest absolute Gasteiger partial charge is 0.352 e. The van der Waals surface area contributed by atoms with Crippen LogP contribution in [0.25, 0.3) is 0 Å². The van der Waals surface area contributed by atoms with Gasteiger partial charge in [-0.3, -0.25) is 5.01 Å². The summed E-state index contributed by atoms with van der Waals surface area (Å²) in [5.41, 5.74) is 2.68. The molecule has 0 saturated carbocycles. The van der Waals surface area contributed by atoms with Gasteiger partial charge >= 0.3 is 5.97 Å². The molecule has 0 amide bonds. The van der Waals surface area contributed by atoms with Crippen molar-refractivity contribution in [3.63, 3.8) is 0 Å². The topological polar surface area (TPSA) is 62.1 Å². The summed E-state index contributed by atoms with van der Waals surface area (Å²) in [5, 5.41) is 16.3. The van der Waals surface area contributed by atoms with Gasteiger partial charge in [0, 0.05) is 11.4 Å². The van der Waals surface area contributed by atoms with Gasteiger partial charge in [0.2, 0.25) is 0 Å². The molecule has 1 aliphatic heterocycles. The molecule has 4 rings (SSSR count). The van der Waals surface area contributed by atoms with Crippen molar-refractivity contribution in [2.24, 2.45) is 5.10 Å². The summed E-state index contributed by atoms with van der Waals surface area (Å²) in [4.78, 5) is 11.5. The average Bonchev–Trinajstić information content (AvgIpc) is 3.19. The van der Waals surface area contributed by atoms with E-state index in [0.29, 0.717) is 22.3 Å². The summed E-state index contributed by atoms with van der Waals surface area (Å²) in [5.74, 6) is -0.313. The van der Waals surface area contributed by atoms with E-state index < -0.39 is 5.97 Å². The van der Waals surface area contributed by atoms with Crippen LogP contribution in [0.2, 0.25) is 10.0 Å². The van der Waals surface area contributed by atoms with Crippen molar-refractivity contribution in [2.75, 3.05) is 5.01 Å². The number of aliphatic carboxylic acids is 1. The van der Waals surface area contributed by atoms with Gasteiger partial charge < -0.3 is 9.84 Å². The van der Waals surface area contributed by atoms with Gasteiger partial charge in [-0.25, -0.2) is 4.79 Å². The minimum atomic E-state index is -1.05. The van der Waals surface area contributed by atoms with Crippen LogP contribution in [0.4, 0.5) is 5.69 Å². The summed E-state index contributed by atoms with van der Waals surface area (Å²) in [6.45, 7) is 0.475. The van der Waals surface area contributed by atoms with Crippen molar-refractivity contribution >= 4 is 40.6 Å². The Morgan fingerprint density at radius 2 is 1.80 bits per heavy atom. The first-order chi connectivity index (χ1) is 14.5. The number of carboxylic acid groups (broad SMARTS) is 1. The lowest BCUT2D eigenvalue weighted by Gasteiger charge is -2.25. The molecule has 0 spiro atoms. The molecule has 0 radical (unpaired) electrons. The SMILES string of the molecule is O=C(O)C1=NN(c2ccc(Cl)cc2Cl)C(c2ccc(OCc3ccccc3)cc2)C1. The third-order valence-electron chi connectivity index (χ3n) is 4.83. The molecule has 1 atom stereocenters. The highest BCUT2D eigenvalue weighted by Crippen LogP contribution is 2.40. The summed E-state index contributed by atoms with van der Waals surface area (Å²) < 4.78 is 5.84. The highest BCUT2D eigenvalue weighted by Gasteiger charge is 2.33. The molecule has 0 bridgehead atoms. The molecule has 30 heavy (non-hydrogen) atoms. The number of anilines is 1. The zero-order valence-electron chi connectivity index (χ0n) is 15.8. The van der Waals surface area contributed by atoms with Crippen molar-refractivity contribution in [1.82, 2.24) is 0 Å².